The lowest BCUT2D eigenvalue weighted by molar-refractivity contribution is -0.127. The highest BCUT2D eigenvalue weighted by Gasteiger charge is 2.51. The van der Waals surface area contributed by atoms with Crippen LogP contribution in [0.5, 0.6) is 5.75 Å². The number of aliphatic hydroxyl groups is 1. The molecule has 2 saturated heterocycles. The third kappa shape index (κ3) is 9.86. The number of carbonyl (C=O) groups is 1. The number of hydrogen-bond acceptors (Lipinski definition) is 12. The van der Waals surface area contributed by atoms with Crippen LogP contribution in [0.15, 0.2) is 47.4 Å². The van der Waals surface area contributed by atoms with E-state index in [2.05, 4.69) is 20.9 Å². The highest BCUT2D eigenvalue weighted by Crippen LogP contribution is 2.42. The number of carbonyl (C=O) groups excluding carboxylic acids is 1. The fourth-order valence-electron chi connectivity index (χ4n) is 6.40. The summed E-state index contributed by atoms with van der Waals surface area (Å²) in [5, 5.41) is 20.5. The van der Waals surface area contributed by atoms with Crippen molar-refractivity contribution in [2.45, 2.75) is 86.5 Å². The van der Waals surface area contributed by atoms with Gasteiger partial charge in [-0.2, -0.15) is 17.5 Å². The van der Waals surface area contributed by atoms with E-state index < -0.39 is 84.1 Å². The van der Waals surface area contributed by atoms with E-state index in [0.29, 0.717) is 26.7 Å². The Morgan fingerprint density at radius 1 is 1.15 bits per heavy atom. The number of aliphatic hydroxyl groups excluding tert-OH is 1. The van der Waals surface area contributed by atoms with Crippen LogP contribution in [0.4, 0.5) is 27.5 Å². The summed E-state index contributed by atoms with van der Waals surface area (Å²) in [7, 11) is -2.88. The first-order chi connectivity index (χ1) is 25.0. The molecule has 3 aromatic rings. The second-order valence-electron chi connectivity index (χ2n) is 13.9. The van der Waals surface area contributed by atoms with Crippen molar-refractivity contribution in [3.8, 4) is 5.75 Å². The molecule has 3 fully saturated rings. The van der Waals surface area contributed by atoms with Gasteiger partial charge in [-0.05, 0) is 69.0 Å². The maximum absolute atomic E-state index is 15.3. The van der Waals surface area contributed by atoms with E-state index in [1.54, 1.807) is 30.3 Å². The van der Waals surface area contributed by atoms with Gasteiger partial charge < -0.3 is 40.0 Å². The number of thiazole rings is 1. The van der Waals surface area contributed by atoms with Gasteiger partial charge in [0.2, 0.25) is 10.0 Å². The summed E-state index contributed by atoms with van der Waals surface area (Å²) < 4.78 is 106. The van der Waals surface area contributed by atoms with Gasteiger partial charge in [-0.25, -0.2) is 22.6 Å². The molecule has 53 heavy (non-hydrogen) atoms. The fourth-order valence-corrected chi connectivity index (χ4v) is 9.08. The quantitative estimate of drug-likeness (QED) is 0.154. The van der Waals surface area contributed by atoms with Gasteiger partial charge in [0.15, 0.2) is 11.4 Å². The van der Waals surface area contributed by atoms with Gasteiger partial charge in [-0.1, -0.05) is 23.5 Å². The van der Waals surface area contributed by atoms with Crippen LogP contribution in [0.3, 0.4) is 0 Å². The summed E-state index contributed by atoms with van der Waals surface area (Å²) >= 11 is 1.28. The molecule has 3 heterocycles. The van der Waals surface area contributed by atoms with Gasteiger partial charge in [0.25, 0.3) is 0 Å². The van der Waals surface area contributed by atoms with E-state index in [1.807, 2.05) is 13.8 Å². The molecule has 0 bridgehead atoms. The first-order valence-corrected chi connectivity index (χ1v) is 19.5. The number of halogens is 4. The Labute approximate surface area is 308 Å². The van der Waals surface area contributed by atoms with Crippen LogP contribution in [0, 0.1) is 5.92 Å². The molecule has 1 aliphatic carbocycles. The standard InChI is InChI=1S/C34H43F4N5O8S2/c1-19(2)40-31-41-23-9-8-22(13-28(23)52-31)53(46,47)43(18-33(35)10-11-33)14-26(44)24(12-20-4-6-21(48-3)7-5-20)42-32(45)51-27-16-50-30-29(27)25(15-49-30)39-17-34(36,37)38/h4-9,13,19,24-27,29-30,39,44H,10-12,14-18H2,1-3H3,(H,40,41)(H,42,45)/t24-,25-,26+,27-,29-,30+/m0/s1. The van der Waals surface area contributed by atoms with E-state index >= 15 is 4.39 Å². The van der Waals surface area contributed by atoms with E-state index in [9.17, 15) is 31.5 Å². The Morgan fingerprint density at radius 3 is 2.53 bits per heavy atom. The summed E-state index contributed by atoms with van der Waals surface area (Å²) in [6.07, 6.45) is -8.61. The molecule has 4 N–H and O–H groups in total. The van der Waals surface area contributed by atoms with Crippen LogP contribution in [-0.4, -0.2) is 117 Å². The molecule has 0 spiro atoms. The summed E-state index contributed by atoms with van der Waals surface area (Å²) in [6.45, 7) is 1.32. The van der Waals surface area contributed by atoms with Crippen molar-refractivity contribution in [2.24, 2.45) is 5.92 Å². The molecule has 2 aromatic carbocycles. The zero-order chi connectivity index (χ0) is 38.1. The van der Waals surface area contributed by atoms with Gasteiger partial charge in [0.1, 0.15) is 17.5 Å². The summed E-state index contributed by atoms with van der Waals surface area (Å²) in [5.41, 5.74) is -0.548. The molecule has 1 aromatic heterocycles. The molecule has 6 rings (SSSR count). The van der Waals surface area contributed by atoms with Crippen LogP contribution < -0.4 is 20.7 Å². The van der Waals surface area contributed by atoms with Crippen molar-refractivity contribution in [2.75, 3.05) is 45.3 Å². The van der Waals surface area contributed by atoms with E-state index in [1.165, 1.54) is 30.6 Å². The van der Waals surface area contributed by atoms with Crippen molar-refractivity contribution in [1.82, 2.24) is 19.9 Å². The zero-order valence-corrected chi connectivity index (χ0v) is 30.9. The second kappa shape index (κ2) is 15.8. The van der Waals surface area contributed by atoms with Gasteiger partial charge in [0.05, 0.1) is 60.0 Å². The van der Waals surface area contributed by atoms with Crippen LogP contribution in [0.1, 0.15) is 32.3 Å². The van der Waals surface area contributed by atoms with Crippen molar-refractivity contribution < 1.29 is 54.8 Å². The Hall–Kier alpha value is -3.33. The van der Waals surface area contributed by atoms with E-state index in [4.69, 9.17) is 18.9 Å². The number of ether oxygens (including phenoxy) is 4. The molecule has 19 heteroatoms. The number of rotatable bonds is 16. The molecule has 292 valence electrons. The highest BCUT2D eigenvalue weighted by molar-refractivity contribution is 7.89. The molecule has 1 amide bonds. The normalized spacial score (nSPS) is 23.6. The zero-order valence-electron chi connectivity index (χ0n) is 29.3. The minimum Gasteiger partial charge on any atom is -0.497 e. The van der Waals surface area contributed by atoms with Crippen LogP contribution in [0.25, 0.3) is 10.2 Å². The molecular weight excluding hydrogens is 747 g/mol. The molecule has 13 nitrogen and oxygen atoms in total. The maximum atomic E-state index is 15.3. The van der Waals surface area contributed by atoms with Gasteiger partial charge in [-0.15, -0.1) is 0 Å². The number of methoxy groups -OCH3 is 1. The lowest BCUT2D eigenvalue weighted by Crippen LogP contribution is -2.52. The third-order valence-electron chi connectivity index (χ3n) is 9.33. The monoisotopic (exact) mass is 789 g/mol. The largest absolute Gasteiger partial charge is 0.497 e. The van der Waals surface area contributed by atoms with Crippen molar-refractivity contribution >= 4 is 42.8 Å². The number of aromatic nitrogens is 1. The molecule has 0 unspecified atom stereocenters. The first kappa shape index (κ1) is 39.4. The predicted molar refractivity (Wildman–Crippen MR) is 187 cm³/mol. The number of alkyl halides is 4. The van der Waals surface area contributed by atoms with E-state index in [0.717, 1.165) is 4.31 Å². The minimum atomic E-state index is -4.47. The maximum Gasteiger partial charge on any atom is 0.407 e. The number of alkyl carbamates (subject to hydrolysis) is 1. The van der Waals surface area contributed by atoms with Crippen LogP contribution in [-0.2, 0) is 30.7 Å². The average molecular weight is 790 g/mol. The second-order valence-corrected chi connectivity index (χ2v) is 16.9. The van der Waals surface area contributed by atoms with Gasteiger partial charge in [0, 0.05) is 25.2 Å². The number of hydrogen-bond donors (Lipinski definition) is 4. The molecular formula is C34H43F4N5O8S2. The Morgan fingerprint density at radius 2 is 1.87 bits per heavy atom. The Bertz CT molecular complexity index is 1840. The molecule has 1 saturated carbocycles. The van der Waals surface area contributed by atoms with Crippen LogP contribution in [0.2, 0.25) is 0 Å². The topological polar surface area (TPSA) is 161 Å². The number of fused-ring (bicyclic) bond motifs is 2. The number of amides is 1. The summed E-state index contributed by atoms with van der Waals surface area (Å²) in [4.78, 5) is 17.8. The van der Waals surface area contributed by atoms with Crippen molar-refractivity contribution in [3.05, 3.63) is 48.0 Å². The van der Waals surface area contributed by atoms with Crippen molar-refractivity contribution in [3.63, 3.8) is 0 Å². The smallest absolute Gasteiger partial charge is 0.407 e. The molecule has 6 atom stereocenters. The lowest BCUT2D eigenvalue weighted by atomic mass is 9.98. The Kier molecular flexibility index (Phi) is 11.7. The van der Waals surface area contributed by atoms with Gasteiger partial charge >= 0.3 is 12.3 Å². The number of benzene rings is 2. The fraction of sp³-hybridized carbons (Fsp3) is 0.588. The number of nitrogens with zero attached hydrogens (tertiary/aromatic N) is 2. The first-order valence-electron chi connectivity index (χ1n) is 17.2. The third-order valence-corrected chi connectivity index (χ3v) is 12.1. The SMILES string of the molecule is COc1ccc(C[C@H](NC(=O)O[C@H]2CO[C@H]3OC[C@H](NCC(F)(F)F)[C@H]32)[C@H](O)CN(CC2(F)CC2)S(=O)(=O)c2ccc3nc(NC(C)C)sc3c2)cc1. The molecule has 0 radical (unpaired) electrons. The molecule has 2 aliphatic heterocycles. The molecule has 3 aliphatic rings. The predicted octanol–water partition coefficient (Wildman–Crippen LogP) is 4.21. The number of sulfonamides is 1. The average Bonchev–Trinajstić information content (AvgIpc) is 3.39. The number of anilines is 1. The van der Waals surface area contributed by atoms with Gasteiger partial charge in [-0.3, -0.25) is 0 Å². The van der Waals surface area contributed by atoms with E-state index in [-0.39, 0.29) is 43.4 Å². The van der Waals surface area contributed by atoms with Crippen LogP contribution >= 0.6 is 11.3 Å². The lowest BCUT2D eigenvalue weighted by Gasteiger charge is -2.31. The number of nitrogens with one attached hydrogen (secondary N) is 3. The minimum absolute atomic E-state index is 0.000533. The summed E-state index contributed by atoms with van der Waals surface area (Å²) in [6, 6.07) is 9.32. The highest BCUT2D eigenvalue weighted by atomic mass is 32.2. The summed E-state index contributed by atoms with van der Waals surface area (Å²) in [5.74, 6) is -0.178. The van der Waals surface area contributed by atoms with Crippen molar-refractivity contribution in [1.29, 1.82) is 0 Å². The Balaban J connectivity index is 1.21.